The van der Waals surface area contributed by atoms with Gasteiger partial charge in [0.2, 0.25) is 5.95 Å². The van der Waals surface area contributed by atoms with E-state index in [2.05, 4.69) is 20.6 Å². The van der Waals surface area contributed by atoms with E-state index < -0.39 is 46.1 Å². The van der Waals surface area contributed by atoms with E-state index >= 15 is 0 Å². The number of halogens is 4. The van der Waals surface area contributed by atoms with E-state index in [1.807, 2.05) is 0 Å². The molecule has 0 unspecified atom stereocenters. The minimum Gasteiger partial charge on any atom is -0.394 e. The van der Waals surface area contributed by atoms with Crippen molar-refractivity contribution < 1.29 is 27.6 Å². The maximum atomic E-state index is 13.2. The van der Waals surface area contributed by atoms with Crippen LogP contribution in [0.1, 0.15) is 12.6 Å². The first kappa shape index (κ1) is 19.3. The van der Waals surface area contributed by atoms with Gasteiger partial charge in [0.05, 0.1) is 17.6 Å². The normalized spacial score (nSPS) is 12.5. The molecule has 0 fully saturated rings. The van der Waals surface area contributed by atoms with E-state index in [0.717, 1.165) is 12.1 Å². The highest BCUT2D eigenvalue weighted by molar-refractivity contribution is 5.68. The van der Waals surface area contributed by atoms with Gasteiger partial charge in [0.15, 0.2) is 5.69 Å². The van der Waals surface area contributed by atoms with Crippen molar-refractivity contribution >= 4 is 23.1 Å². The molecule has 1 heterocycles. The van der Waals surface area contributed by atoms with Gasteiger partial charge in [-0.15, -0.1) is 0 Å². The minimum absolute atomic E-state index is 0.246. The van der Waals surface area contributed by atoms with Crippen molar-refractivity contribution in [2.75, 3.05) is 17.2 Å². The average Bonchev–Trinajstić information content (AvgIpc) is 2.55. The summed E-state index contributed by atoms with van der Waals surface area (Å²) in [5.74, 6) is -1.71. The third-order valence-corrected chi connectivity index (χ3v) is 3.09. The summed E-state index contributed by atoms with van der Waals surface area (Å²) in [6.07, 6.45) is -4.80. The van der Waals surface area contributed by atoms with Gasteiger partial charge in [0, 0.05) is 12.1 Å². The van der Waals surface area contributed by atoms with Gasteiger partial charge in [-0.05, 0) is 19.1 Å². The molecule has 2 rings (SSSR count). The highest BCUT2D eigenvalue weighted by Crippen LogP contribution is 2.32. The zero-order valence-corrected chi connectivity index (χ0v) is 13.2. The largest absolute Gasteiger partial charge is 0.433 e. The molecule has 0 saturated heterocycles. The Morgan fingerprint density at radius 3 is 2.58 bits per heavy atom. The van der Waals surface area contributed by atoms with Crippen LogP contribution in [0.5, 0.6) is 0 Å². The number of rotatable bonds is 6. The van der Waals surface area contributed by atoms with E-state index in [-0.39, 0.29) is 12.3 Å². The summed E-state index contributed by atoms with van der Waals surface area (Å²) < 4.78 is 52.2. The van der Waals surface area contributed by atoms with Crippen LogP contribution in [0.3, 0.4) is 0 Å². The molecule has 0 aliphatic carbocycles. The van der Waals surface area contributed by atoms with Gasteiger partial charge >= 0.3 is 6.18 Å². The lowest BCUT2D eigenvalue weighted by Gasteiger charge is -2.15. The van der Waals surface area contributed by atoms with Crippen LogP contribution in [0, 0.1) is 15.9 Å². The smallest absolute Gasteiger partial charge is 0.394 e. The predicted octanol–water partition coefficient (Wildman–Crippen LogP) is 3.08. The van der Waals surface area contributed by atoms with Crippen LogP contribution in [0.15, 0.2) is 24.3 Å². The average molecular weight is 375 g/mol. The van der Waals surface area contributed by atoms with E-state index in [1.54, 1.807) is 0 Å². The number of anilines is 3. The highest BCUT2D eigenvalue weighted by Gasteiger charge is 2.34. The van der Waals surface area contributed by atoms with Gasteiger partial charge in [-0.1, -0.05) is 0 Å². The van der Waals surface area contributed by atoms with Gasteiger partial charge in [0.25, 0.3) is 5.69 Å². The highest BCUT2D eigenvalue weighted by atomic mass is 19.4. The van der Waals surface area contributed by atoms with Crippen molar-refractivity contribution in [3.05, 3.63) is 45.9 Å². The summed E-state index contributed by atoms with van der Waals surface area (Å²) in [6.45, 7) is 1.10. The molecule has 0 aliphatic rings. The zero-order valence-electron chi connectivity index (χ0n) is 13.2. The predicted molar refractivity (Wildman–Crippen MR) is 83.5 cm³/mol. The summed E-state index contributed by atoms with van der Waals surface area (Å²) in [5, 5.41) is 24.8. The Kier molecular flexibility index (Phi) is 5.55. The molecule has 1 atom stereocenters. The van der Waals surface area contributed by atoms with Crippen LogP contribution in [-0.2, 0) is 6.18 Å². The number of hydrogen-bond donors (Lipinski definition) is 3. The fraction of sp³-hybridized carbons (Fsp3) is 0.286. The molecule has 0 aliphatic heterocycles. The summed E-state index contributed by atoms with van der Waals surface area (Å²) in [4.78, 5) is 17.2. The van der Waals surface area contributed by atoms with Crippen molar-refractivity contribution in [2.24, 2.45) is 0 Å². The molecule has 1 aromatic carbocycles. The van der Waals surface area contributed by atoms with Crippen molar-refractivity contribution in [1.29, 1.82) is 0 Å². The maximum Gasteiger partial charge on any atom is 0.433 e. The summed E-state index contributed by atoms with van der Waals surface area (Å²) in [6, 6.07) is 2.47. The molecule has 0 radical (unpaired) electrons. The van der Waals surface area contributed by atoms with Gasteiger partial charge in [-0.2, -0.15) is 18.2 Å². The third-order valence-electron chi connectivity index (χ3n) is 3.09. The van der Waals surface area contributed by atoms with Crippen LogP contribution in [0.2, 0.25) is 0 Å². The molecule has 8 nitrogen and oxygen atoms in total. The van der Waals surface area contributed by atoms with Gasteiger partial charge < -0.3 is 15.7 Å². The number of nitrogens with zero attached hydrogens (tertiary/aromatic N) is 3. The lowest BCUT2D eigenvalue weighted by Crippen LogP contribution is -2.22. The molecule has 26 heavy (non-hydrogen) atoms. The zero-order chi connectivity index (χ0) is 19.5. The second-order valence-electron chi connectivity index (χ2n) is 5.23. The molecule has 3 N–H and O–H groups in total. The quantitative estimate of drug-likeness (QED) is 0.404. The standard InChI is InChI=1S/C14H13F4N5O3/c1-7(6-24)19-13-21-11(14(16,17)18)5-12(22-13)20-9-3-2-8(15)4-10(9)23(25)26/h2-5,7,24H,6H2,1H3,(H2,19,20,21,22)/t7-/m0/s1. The molecule has 0 bridgehead atoms. The number of hydrogen-bond acceptors (Lipinski definition) is 7. The van der Waals surface area contributed by atoms with Crippen molar-refractivity contribution in [3.8, 4) is 0 Å². The Balaban J connectivity index is 2.46. The van der Waals surface area contributed by atoms with Gasteiger partial charge in [0.1, 0.15) is 17.3 Å². The first-order valence-corrected chi connectivity index (χ1v) is 7.14. The molecule has 140 valence electrons. The topological polar surface area (TPSA) is 113 Å². The number of benzene rings is 1. The number of nitro groups is 1. The SMILES string of the molecule is C[C@@H](CO)Nc1nc(Nc2ccc(F)cc2[N+](=O)[O-])cc(C(F)(F)F)n1. The van der Waals surface area contributed by atoms with Crippen LogP contribution >= 0.6 is 0 Å². The fourth-order valence-electron chi connectivity index (χ4n) is 1.89. The Bertz CT molecular complexity index is 816. The summed E-state index contributed by atoms with van der Waals surface area (Å²) >= 11 is 0. The first-order chi connectivity index (χ1) is 12.1. The second-order valence-corrected chi connectivity index (χ2v) is 5.23. The van der Waals surface area contributed by atoms with Crippen molar-refractivity contribution in [3.63, 3.8) is 0 Å². The van der Waals surface area contributed by atoms with Gasteiger partial charge in [-0.25, -0.2) is 9.37 Å². The number of aliphatic hydroxyl groups is 1. The fourth-order valence-corrected chi connectivity index (χ4v) is 1.89. The Labute approximate surface area is 144 Å². The molecule has 1 aromatic heterocycles. The maximum absolute atomic E-state index is 13.2. The Morgan fingerprint density at radius 2 is 2.00 bits per heavy atom. The first-order valence-electron chi connectivity index (χ1n) is 7.14. The molecular formula is C14H13F4N5O3. The van der Waals surface area contributed by atoms with E-state index in [4.69, 9.17) is 5.11 Å². The Morgan fingerprint density at radius 1 is 1.31 bits per heavy atom. The minimum atomic E-state index is -4.80. The summed E-state index contributed by atoms with van der Waals surface area (Å²) in [5.41, 5.74) is -2.22. The molecule has 0 amide bonds. The Hall–Kier alpha value is -3.02. The second kappa shape index (κ2) is 7.47. The van der Waals surface area contributed by atoms with Crippen molar-refractivity contribution in [1.82, 2.24) is 9.97 Å². The molecule has 0 saturated carbocycles. The number of aromatic nitrogens is 2. The summed E-state index contributed by atoms with van der Waals surface area (Å²) in [7, 11) is 0. The van der Waals surface area contributed by atoms with Crippen LogP contribution in [0.4, 0.5) is 40.7 Å². The van der Waals surface area contributed by atoms with E-state index in [9.17, 15) is 27.7 Å². The number of aliphatic hydroxyl groups excluding tert-OH is 1. The monoisotopic (exact) mass is 375 g/mol. The lowest BCUT2D eigenvalue weighted by molar-refractivity contribution is -0.384. The molecule has 2 aromatic rings. The van der Waals surface area contributed by atoms with Gasteiger partial charge in [-0.3, -0.25) is 10.1 Å². The van der Waals surface area contributed by atoms with E-state index in [1.165, 1.54) is 6.92 Å². The number of alkyl halides is 3. The molecular weight excluding hydrogens is 362 g/mol. The van der Waals surface area contributed by atoms with Crippen molar-refractivity contribution in [2.45, 2.75) is 19.1 Å². The number of nitrogens with one attached hydrogen (secondary N) is 2. The molecule has 0 spiro atoms. The van der Waals surface area contributed by atoms with E-state index in [0.29, 0.717) is 12.1 Å². The van der Waals surface area contributed by atoms with Crippen LogP contribution < -0.4 is 10.6 Å². The van der Waals surface area contributed by atoms with Crippen LogP contribution in [0.25, 0.3) is 0 Å². The number of nitro benzene ring substituents is 1. The third kappa shape index (κ3) is 4.75. The molecule has 12 heteroatoms. The van der Waals surface area contributed by atoms with Crippen LogP contribution in [-0.4, -0.2) is 32.6 Å². The lowest BCUT2D eigenvalue weighted by atomic mass is 10.2.